The summed E-state index contributed by atoms with van der Waals surface area (Å²) in [6.07, 6.45) is 3.20. The van der Waals surface area contributed by atoms with E-state index in [1.807, 2.05) is 0 Å². The molecule has 2 heterocycles. The minimum Gasteiger partial charge on any atom is -0.257 e. The molecule has 0 fully saturated rings. The Morgan fingerprint density at radius 1 is 0.917 bits per heavy atom. The summed E-state index contributed by atoms with van der Waals surface area (Å²) in [7, 11) is 2.15. The quantitative estimate of drug-likeness (QED) is 0.476. The molecule has 1 aliphatic carbocycles. The molecule has 0 radical (unpaired) electrons. The summed E-state index contributed by atoms with van der Waals surface area (Å²) in [5, 5.41) is 0. The molecule has 0 saturated heterocycles. The van der Waals surface area contributed by atoms with Crippen LogP contribution in [0.1, 0.15) is 33.6 Å². The molecule has 0 aliphatic heterocycles. The molecule has 0 saturated carbocycles. The van der Waals surface area contributed by atoms with E-state index in [2.05, 4.69) is 75.8 Å². The molecule has 0 N–H and O–H groups in total. The average Bonchev–Trinajstić information content (AvgIpc) is 2.86. The maximum Gasteiger partial charge on any atom is 0.212 e. The molecular formula is C22H23N2+. The molecule has 2 nitrogen and oxygen atoms in total. The number of rotatable bonds is 1. The summed E-state index contributed by atoms with van der Waals surface area (Å²) < 4.78 is 2.26. The van der Waals surface area contributed by atoms with Gasteiger partial charge < -0.3 is 0 Å². The molecule has 0 atom stereocenters. The Labute approximate surface area is 143 Å². The number of hydrogen-bond acceptors (Lipinski definition) is 1. The lowest BCUT2D eigenvalue weighted by atomic mass is 9.96. The van der Waals surface area contributed by atoms with Gasteiger partial charge in [0, 0.05) is 29.3 Å². The Morgan fingerprint density at radius 3 is 2.50 bits per heavy atom. The van der Waals surface area contributed by atoms with Gasteiger partial charge in [0.2, 0.25) is 5.69 Å². The van der Waals surface area contributed by atoms with E-state index in [0.29, 0.717) is 0 Å². The lowest BCUT2D eigenvalue weighted by Crippen LogP contribution is -2.31. The zero-order chi connectivity index (χ0) is 17.0. The summed E-state index contributed by atoms with van der Waals surface area (Å²) in [6.45, 7) is 8.65. The third-order valence-corrected chi connectivity index (χ3v) is 5.21. The van der Waals surface area contributed by atoms with Crippen LogP contribution >= 0.6 is 0 Å². The Hall–Kier alpha value is -2.48. The van der Waals surface area contributed by atoms with E-state index in [1.54, 1.807) is 0 Å². The second-order valence-electron chi connectivity index (χ2n) is 7.09. The van der Waals surface area contributed by atoms with Crippen molar-refractivity contribution in [3.63, 3.8) is 0 Å². The fraction of sp³-hybridized carbons (Fsp3) is 0.273. The van der Waals surface area contributed by atoms with Gasteiger partial charge in [0.1, 0.15) is 7.05 Å². The van der Waals surface area contributed by atoms with Crippen LogP contribution in [0.4, 0.5) is 0 Å². The predicted molar refractivity (Wildman–Crippen MR) is 98.0 cm³/mol. The zero-order valence-electron chi connectivity index (χ0n) is 15.1. The summed E-state index contributed by atoms with van der Waals surface area (Å²) in [4.78, 5) is 4.74. The van der Waals surface area contributed by atoms with E-state index >= 15 is 0 Å². The molecule has 1 aliphatic rings. The zero-order valence-corrected chi connectivity index (χ0v) is 15.1. The van der Waals surface area contributed by atoms with E-state index in [9.17, 15) is 0 Å². The van der Waals surface area contributed by atoms with Crippen molar-refractivity contribution in [1.29, 1.82) is 0 Å². The highest BCUT2D eigenvalue weighted by molar-refractivity contribution is 5.76. The number of benzene rings is 1. The molecule has 4 rings (SSSR count). The van der Waals surface area contributed by atoms with Gasteiger partial charge in [0.05, 0.1) is 11.3 Å². The smallest absolute Gasteiger partial charge is 0.212 e. The number of aryl methyl sites for hydroxylation is 4. The van der Waals surface area contributed by atoms with Crippen LogP contribution in [0.5, 0.6) is 0 Å². The molecule has 1 aromatic carbocycles. The van der Waals surface area contributed by atoms with Crippen LogP contribution in [0.25, 0.3) is 22.4 Å². The minimum absolute atomic E-state index is 0.935. The van der Waals surface area contributed by atoms with E-state index in [0.717, 1.165) is 12.1 Å². The summed E-state index contributed by atoms with van der Waals surface area (Å²) in [6, 6.07) is 11.2. The third-order valence-electron chi connectivity index (χ3n) is 5.21. The normalized spacial score (nSPS) is 12.2. The van der Waals surface area contributed by atoms with Crippen LogP contribution in [0, 0.1) is 27.7 Å². The van der Waals surface area contributed by atoms with Gasteiger partial charge in [0.25, 0.3) is 0 Å². The predicted octanol–water partition coefficient (Wildman–Crippen LogP) is 4.38. The van der Waals surface area contributed by atoms with Crippen molar-refractivity contribution < 1.29 is 4.57 Å². The second-order valence-corrected chi connectivity index (χ2v) is 7.09. The van der Waals surface area contributed by atoms with Crippen molar-refractivity contribution in [2.24, 2.45) is 7.05 Å². The van der Waals surface area contributed by atoms with E-state index in [1.165, 1.54) is 50.3 Å². The van der Waals surface area contributed by atoms with Gasteiger partial charge in [0.15, 0.2) is 6.20 Å². The molecule has 24 heavy (non-hydrogen) atoms. The Kier molecular flexibility index (Phi) is 3.31. The lowest BCUT2D eigenvalue weighted by Gasteiger charge is -2.10. The highest BCUT2D eigenvalue weighted by Gasteiger charge is 2.26. The second kappa shape index (κ2) is 5.27. The molecule has 0 bridgehead atoms. The van der Waals surface area contributed by atoms with Crippen LogP contribution in [0.3, 0.4) is 0 Å². The molecule has 0 amide bonds. The first-order valence-electron chi connectivity index (χ1n) is 8.51. The van der Waals surface area contributed by atoms with Crippen LogP contribution in [-0.4, -0.2) is 4.98 Å². The van der Waals surface area contributed by atoms with Crippen molar-refractivity contribution in [1.82, 2.24) is 4.98 Å². The number of hydrogen-bond donors (Lipinski definition) is 0. The molecule has 3 aromatic rings. The first kappa shape index (κ1) is 15.1. The van der Waals surface area contributed by atoms with E-state index < -0.39 is 0 Å². The number of pyridine rings is 2. The molecule has 0 unspecified atom stereocenters. The standard InChI is InChI=1S/C22H23N2/c1-13-8-14(2)16(4)19(9-13)22-11-17-10-21-18(7-6-15(3)23-21)20(17)12-24(22)5/h6-9,11-12H,10H2,1-5H3/q+1. The summed E-state index contributed by atoms with van der Waals surface area (Å²) >= 11 is 0. The van der Waals surface area contributed by atoms with E-state index in [4.69, 9.17) is 4.98 Å². The van der Waals surface area contributed by atoms with Gasteiger partial charge in [-0.25, -0.2) is 4.57 Å². The van der Waals surface area contributed by atoms with Gasteiger partial charge in [-0.1, -0.05) is 17.7 Å². The largest absolute Gasteiger partial charge is 0.257 e. The third kappa shape index (κ3) is 2.25. The van der Waals surface area contributed by atoms with Gasteiger partial charge in [-0.3, -0.25) is 4.98 Å². The number of nitrogens with zero attached hydrogens (tertiary/aromatic N) is 2. The van der Waals surface area contributed by atoms with Crippen LogP contribution in [0.2, 0.25) is 0 Å². The molecule has 120 valence electrons. The van der Waals surface area contributed by atoms with Gasteiger partial charge >= 0.3 is 0 Å². The maximum absolute atomic E-state index is 4.74. The van der Waals surface area contributed by atoms with Crippen LogP contribution in [-0.2, 0) is 13.5 Å². The maximum atomic E-state index is 4.74. The van der Waals surface area contributed by atoms with Crippen molar-refractivity contribution in [3.05, 3.63) is 70.2 Å². The van der Waals surface area contributed by atoms with Crippen molar-refractivity contribution in [2.45, 2.75) is 34.1 Å². The van der Waals surface area contributed by atoms with Gasteiger partial charge in [-0.2, -0.15) is 0 Å². The first-order chi connectivity index (χ1) is 11.4. The van der Waals surface area contributed by atoms with Crippen molar-refractivity contribution in [3.8, 4) is 22.4 Å². The fourth-order valence-electron chi connectivity index (χ4n) is 3.82. The van der Waals surface area contributed by atoms with Crippen LogP contribution < -0.4 is 4.57 Å². The summed E-state index contributed by atoms with van der Waals surface area (Å²) in [5.41, 5.74) is 12.9. The fourth-order valence-corrected chi connectivity index (χ4v) is 3.82. The van der Waals surface area contributed by atoms with Gasteiger partial charge in [-0.15, -0.1) is 0 Å². The van der Waals surface area contributed by atoms with Gasteiger partial charge in [-0.05, 0) is 56.5 Å². The lowest BCUT2D eigenvalue weighted by molar-refractivity contribution is -0.659. The molecule has 2 heteroatoms. The van der Waals surface area contributed by atoms with E-state index in [-0.39, 0.29) is 0 Å². The highest BCUT2D eigenvalue weighted by Crippen LogP contribution is 2.37. The monoisotopic (exact) mass is 315 g/mol. The molecule has 2 aromatic heterocycles. The van der Waals surface area contributed by atoms with Crippen molar-refractivity contribution in [2.75, 3.05) is 0 Å². The Balaban J connectivity index is 1.91. The SMILES string of the molecule is Cc1cc(C)c(C)c(-c2cc3c(c[n+]2C)-c2ccc(C)nc2C3)c1. The Morgan fingerprint density at radius 2 is 1.71 bits per heavy atom. The van der Waals surface area contributed by atoms with Crippen LogP contribution in [0.15, 0.2) is 36.5 Å². The topological polar surface area (TPSA) is 16.8 Å². The summed E-state index contributed by atoms with van der Waals surface area (Å²) in [5.74, 6) is 0. The molecule has 0 spiro atoms. The number of aromatic nitrogens is 2. The average molecular weight is 315 g/mol. The number of fused-ring (bicyclic) bond motifs is 3. The highest BCUT2D eigenvalue weighted by atomic mass is 14.9. The Bertz CT molecular complexity index is 984. The first-order valence-corrected chi connectivity index (χ1v) is 8.51. The van der Waals surface area contributed by atoms with Crippen molar-refractivity contribution >= 4 is 0 Å². The minimum atomic E-state index is 0.935. The molecular weight excluding hydrogens is 292 g/mol.